The molecule has 0 bridgehead atoms. The molecule has 7 heteroatoms. The molecule has 1 saturated carbocycles. The number of aromatic nitrogens is 1. The first kappa shape index (κ1) is 17.6. The molecule has 1 aromatic carbocycles. The molecule has 0 radical (unpaired) electrons. The maximum Gasteiger partial charge on any atom is 0.339 e. The van der Waals surface area contributed by atoms with E-state index in [9.17, 15) is 4.79 Å². The molecular formula is C18H21BrN4O2. The Morgan fingerprint density at radius 3 is 2.84 bits per heavy atom. The maximum atomic E-state index is 12.2. The number of allylic oxidation sites excluding steroid dienone is 1. The first-order chi connectivity index (χ1) is 11.9. The second-order valence-corrected chi connectivity index (χ2v) is 7.12. The number of esters is 1. The van der Waals surface area contributed by atoms with Gasteiger partial charge >= 0.3 is 5.97 Å². The number of hydrazine groups is 1. The lowest BCUT2D eigenvalue weighted by atomic mass is 10.1. The number of rotatable bonds is 5. The van der Waals surface area contributed by atoms with Crippen LogP contribution in [-0.4, -0.2) is 29.7 Å². The first-order valence-electron chi connectivity index (χ1n) is 7.92. The molecule has 1 unspecified atom stereocenters. The van der Waals surface area contributed by atoms with Gasteiger partial charge in [-0.2, -0.15) is 0 Å². The number of nitrogens with zero attached hydrogens (tertiary/aromatic N) is 2. The number of halogens is 1. The van der Waals surface area contributed by atoms with Crippen LogP contribution in [0.1, 0.15) is 28.4 Å². The Labute approximate surface area is 155 Å². The molecule has 4 N–H and O–H groups in total. The SMILES string of the molecule is COC(=O)c1ccn(-c2cccc(Br)c2)c1[C@@H]1CC1/C(N)=C/N(C)N. The van der Waals surface area contributed by atoms with E-state index < -0.39 is 0 Å². The van der Waals surface area contributed by atoms with Gasteiger partial charge in [0, 0.05) is 52.8 Å². The first-order valence-corrected chi connectivity index (χ1v) is 8.72. The lowest BCUT2D eigenvalue weighted by Crippen LogP contribution is -2.21. The Morgan fingerprint density at radius 2 is 2.20 bits per heavy atom. The molecule has 1 fully saturated rings. The largest absolute Gasteiger partial charge is 0.465 e. The number of carbonyl (C=O) groups excluding carboxylic acids is 1. The molecule has 1 heterocycles. The van der Waals surface area contributed by atoms with Crippen LogP contribution in [0.3, 0.4) is 0 Å². The third-order valence-corrected chi connectivity index (χ3v) is 4.83. The summed E-state index contributed by atoms with van der Waals surface area (Å²) < 4.78 is 7.95. The molecule has 2 atom stereocenters. The third kappa shape index (κ3) is 3.57. The Hall–Kier alpha value is -2.25. The average Bonchev–Trinajstić information content (AvgIpc) is 3.24. The summed E-state index contributed by atoms with van der Waals surface area (Å²) in [4.78, 5) is 12.2. The number of hydrogen-bond donors (Lipinski definition) is 2. The van der Waals surface area contributed by atoms with Gasteiger partial charge in [0.05, 0.1) is 12.7 Å². The van der Waals surface area contributed by atoms with Gasteiger partial charge in [-0.3, -0.25) is 0 Å². The lowest BCUT2D eigenvalue weighted by molar-refractivity contribution is 0.0599. The zero-order chi connectivity index (χ0) is 18.1. The van der Waals surface area contributed by atoms with Gasteiger partial charge in [-0.1, -0.05) is 22.0 Å². The highest BCUT2D eigenvalue weighted by molar-refractivity contribution is 9.10. The van der Waals surface area contributed by atoms with Crippen molar-refractivity contribution in [3.05, 3.63) is 64.2 Å². The molecule has 25 heavy (non-hydrogen) atoms. The number of nitrogens with two attached hydrogens (primary N) is 2. The van der Waals surface area contributed by atoms with Crippen LogP contribution in [0.15, 0.2) is 52.9 Å². The van der Waals surface area contributed by atoms with E-state index in [-0.39, 0.29) is 17.8 Å². The lowest BCUT2D eigenvalue weighted by Gasteiger charge is -2.12. The van der Waals surface area contributed by atoms with E-state index in [0.29, 0.717) is 11.3 Å². The Bertz CT molecular complexity index is 828. The molecule has 0 aliphatic heterocycles. The monoisotopic (exact) mass is 404 g/mol. The van der Waals surface area contributed by atoms with Crippen LogP contribution in [0, 0.1) is 5.92 Å². The Morgan fingerprint density at radius 1 is 1.44 bits per heavy atom. The molecular weight excluding hydrogens is 384 g/mol. The van der Waals surface area contributed by atoms with Crippen molar-refractivity contribution in [1.29, 1.82) is 0 Å². The van der Waals surface area contributed by atoms with Gasteiger partial charge in [-0.05, 0) is 30.7 Å². The summed E-state index contributed by atoms with van der Waals surface area (Å²) >= 11 is 3.49. The van der Waals surface area contributed by atoms with Crippen LogP contribution >= 0.6 is 15.9 Å². The van der Waals surface area contributed by atoms with Gasteiger partial charge < -0.3 is 20.0 Å². The van der Waals surface area contributed by atoms with Crippen LogP contribution in [0.5, 0.6) is 0 Å². The fourth-order valence-electron chi connectivity index (χ4n) is 3.15. The van der Waals surface area contributed by atoms with Crippen LogP contribution in [0.4, 0.5) is 0 Å². The van der Waals surface area contributed by atoms with Crippen LogP contribution in [0.2, 0.25) is 0 Å². The summed E-state index contributed by atoms with van der Waals surface area (Å²) in [6.07, 6.45) is 4.49. The second-order valence-electron chi connectivity index (χ2n) is 6.20. The third-order valence-electron chi connectivity index (χ3n) is 4.34. The van der Waals surface area contributed by atoms with Gasteiger partial charge in [0.1, 0.15) is 0 Å². The Kier molecular flexibility index (Phi) is 4.87. The van der Waals surface area contributed by atoms with Crippen molar-refractivity contribution >= 4 is 21.9 Å². The van der Waals surface area contributed by atoms with Crippen molar-refractivity contribution in [3.63, 3.8) is 0 Å². The topological polar surface area (TPSA) is 86.5 Å². The summed E-state index contributed by atoms with van der Waals surface area (Å²) in [5.74, 6) is 5.63. The van der Waals surface area contributed by atoms with Gasteiger partial charge in [0.25, 0.3) is 0 Å². The van der Waals surface area contributed by atoms with Crippen molar-refractivity contribution in [2.45, 2.75) is 12.3 Å². The molecule has 1 aliphatic carbocycles. The van der Waals surface area contributed by atoms with Gasteiger partial charge in [0.15, 0.2) is 0 Å². The molecule has 1 aliphatic rings. The number of carbonyl (C=O) groups is 1. The molecule has 2 aromatic rings. The van der Waals surface area contributed by atoms with Crippen molar-refractivity contribution in [2.24, 2.45) is 17.5 Å². The van der Waals surface area contributed by atoms with E-state index in [2.05, 4.69) is 15.9 Å². The zero-order valence-corrected chi connectivity index (χ0v) is 15.7. The fourth-order valence-corrected chi connectivity index (χ4v) is 3.54. The predicted octanol–water partition coefficient (Wildman–Crippen LogP) is 2.74. The van der Waals surface area contributed by atoms with Crippen molar-refractivity contribution < 1.29 is 9.53 Å². The van der Waals surface area contributed by atoms with Crippen LogP contribution < -0.4 is 11.6 Å². The standard InChI is InChI=1S/C18H21BrN4O2/c1-22(21)10-16(20)14-9-15(14)17-13(18(24)25-2)6-7-23(17)12-5-3-4-11(19)8-12/h3-8,10,14-15H,9,20-21H2,1-2H3/b16-10-/t14?,15-/m1/s1. The van der Waals surface area contributed by atoms with Crippen molar-refractivity contribution in [2.75, 3.05) is 14.2 Å². The number of methoxy groups -OCH3 is 1. The molecule has 132 valence electrons. The fraction of sp³-hybridized carbons (Fsp3) is 0.278. The van der Waals surface area contributed by atoms with E-state index in [4.69, 9.17) is 16.3 Å². The molecule has 3 rings (SSSR count). The summed E-state index contributed by atoms with van der Waals surface area (Å²) in [6.45, 7) is 0. The smallest absolute Gasteiger partial charge is 0.339 e. The molecule has 0 amide bonds. The molecule has 0 saturated heterocycles. The molecule has 6 nitrogen and oxygen atoms in total. The van der Waals surface area contributed by atoms with Crippen molar-refractivity contribution in [1.82, 2.24) is 9.58 Å². The number of benzene rings is 1. The molecule has 1 aromatic heterocycles. The van der Waals surface area contributed by atoms with E-state index in [1.807, 2.05) is 35.0 Å². The zero-order valence-electron chi connectivity index (χ0n) is 14.1. The summed E-state index contributed by atoms with van der Waals surface area (Å²) in [5, 5.41) is 1.44. The highest BCUT2D eigenvalue weighted by Gasteiger charge is 2.44. The predicted molar refractivity (Wildman–Crippen MR) is 99.9 cm³/mol. The van der Waals surface area contributed by atoms with Gasteiger partial charge in [-0.25, -0.2) is 10.6 Å². The summed E-state index contributed by atoms with van der Waals surface area (Å²) in [7, 11) is 3.12. The number of hydrogen-bond acceptors (Lipinski definition) is 5. The van der Waals surface area contributed by atoms with Crippen LogP contribution in [-0.2, 0) is 4.74 Å². The minimum Gasteiger partial charge on any atom is -0.465 e. The Balaban J connectivity index is 2.02. The number of ether oxygens (including phenoxy) is 1. The molecule has 0 spiro atoms. The van der Waals surface area contributed by atoms with Gasteiger partial charge in [-0.15, -0.1) is 0 Å². The highest BCUT2D eigenvalue weighted by atomic mass is 79.9. The van der Waals surface area contributed by atoms with Gasteiger partial charge in [0.2, 0.25) is 0 Å². The van der Waals surface area contributed by atoms with Crippen molar-refractivity contribution in [3.8, 4) is 5.69 Å². The van der Waals surface area contributed by atoms with Crippen LogP contribution in [0.25, 0.3) is 5.69 Å². The van der Waals surface area contributed by atoms with E-state index >= 15 is 0 Å². The van der Waals surface area contributed by atoms with E-state index in [1.165, 1.54) is 12.1 Å². The highest BCUT2D eigenvalue weighted by Crippen LogP contribution is 2.52. The minimum atomic E-state index is -0.340. The maximum absolute atomic E-state index is 12.2. The minimum absolute atomic E-state index is 0.152. The second kappa shape index (κ2) is 6.93. The summed E-state index contributed by atoms with van der Waals surface area (Å²) in [6, 6.07) is 9.73. The van der Waals surface area contributed by atoms with E-state index in [1.54, 1.807) is 19.3 Å². The average molecular weight is 405 g/mol. The summed E-state index contributed by atoms with van der Waals surface area (Å²) in [5.41, 5.74) is 9.34. The van der Waals surface area contributed by atoms with E-state index in [0.717, 1.165) is 22.3 Å². The quantitative estimate of drug-likeness (QED) is 0.454. The normalized spacial score (nSPS) is 19.6.